The molecule has 0 spiro atoms. The zero-order valence-electron chi connectivity index (χ0n) is 35.7. The first-order chi connectivity index (χ1) is 27.3. The van der Waals surface area contributed by atoms with Crippen molar-refractivity contribution >= 4 is 34.6 Å². The number of aliphatic imine (C=N–C) groups is 1. The molecule has 2 aromatic rings. The summed E-state index contributed by atoms with van der Waals surface area (Å²) >= 11 is 0. The molecule has 3 aliphatic heterocycles. The Kier molecular flexibility index (Phi) is 15.0. The number of rotatable bonds is 8. The van der Waals surface area contributed by atoms with Crippen molar-refractivity contribution in [2.45, 2.75) is 148 Å². The molecular formula is C41H63N5O12. The van der Waals surface area contributed by atoms with Gasteiger partial charge in [-0.3, -0.25) is 19.2 Å². The summed E-state index contributed by atoms with van der Waals surface area (Å²) in [6, 6.07) is 2.48. The second-order valence-electron chi connectivity index (χ2n) is 17.0. The minimum Gasteiger partial charge on any atom is -0.459 e. The fourth-order valence-electron chi connectivity index (χ4n) is 8.81. The summed E-state index contributed by atoms with van der Waals surface area (Å²) in [5.74, 6) is -5.26. The van der Waals surface area contributed by atoms with Crippen molar-refractivity contribution in [1.82, 2.24) is 20.3 Å². The maximum atomic E-state index is 14.5. The van der Waals surface area contributed by atoms with E-state index in [1.165, 1.54) is 27.2 Å². The zero-order valence-corrected chi connectivity index (χ0v) is 35.7. The number of carbonyl (C=O) groups excluding carboxylic acids is 3. The molecule has 3 aliphatic rings. The predicted molar refractivity (Wildman–Crippen MR) is 210 cm³/mol. The van der Waals surface area contributed by atoms with E-state index in [-0.39, 0.29) is 44.8 Å². The van der Waals surface area contributed by atoms with E-state index in [0.717, 1.165) is 0 Å². The zero-order chi connectivity index (χ0) is 42.7. The van der Waals surface area contributed by atoms with Crippen molar-refractivity contribution in [3.05, 3.63) is 24.2 Å². The number of fused-ring (bicyclic) bond motifs is 6. The summed E-state index contributed by atoms with van der Waals surface area (Å²) in [7, 11) is 3.73. The second-order valence-corrected chi connectivity index (χ2v) is 17.0. The van der Waals surface area contributed by atoms with Gasteiger partial charge in [0.1, 0.15) is 30.3 Å². The lowest BCUT2D eigenvalue weighted by molar-refractivity contribution is -0.298. The number of hydroxylamine groups is 1. The largest absolute Gasteiger partial charge is 0.459 e. The van der Waals surface area contributed by atoms with Gasteiger partial charge < -0.3 is 43.2 Å². The van der Waals surface area contributed by atoms with Gasteiger partial charge in [-0.15, -0.1) is 0 Å². The van der Waals surface area contributed by atoms with Crippen LogP contribution >= 0.6 is 0 Å². The average Bonchev–Trinajstić information content (AvgIpc) is 3.63. The third kappa shape index (κ3) is 10.2. The molecule has 324 valence electrons. The number of hydrogen-bond donors (Lipinski definition) is 3. The Labute approximate surface area is 340 Å². The molecule has 2 bridgehead atoms. The van der Waals surface area contributed by atoms with Crippen LogP contribution in [0.4, 0.5) is 0 Å². The van der Waals surface area contributed by atoms with Gasteiger partial charge in [0.2, 0.25) is 5.91 Å². The SMILES string of the molecule is CC[C@H]1OC(=O)[C@H](C)C(=O)[C@H](C)[C@@H](O[C@H]2O[C@H](C)C[C@H](N(C)C)[C@H]2O)[C@@]2(C)C[C@@H](C)C(=NC(C)=O)[C@H](C)[C@@H](OCC(NOCc3ccc4ocnc4n3)CO2)[C@]1(C)O. The number of pyridine rings is 1. The number of carbonyl (C=O) groups is 3. The molecule has 17 heteroatoms. The van der Waals surface area contributed by atoms with Crippen molar-refractivity contribution in [2.24, 2.45) is 28.7 Å². The number of cyclic esters (lactones) is 1. The summed E-state index contributed by atoms with van der Waals surface area (Å²) in [6.07, 6.45) is -3.70. The summed E-state index contributed by atoms with van der Waals surface area (Å²) in [6.45, 7) is 15.1. The minimum atomic E-state index is -1.83. The normalized spacial score (nSPS) is 39.2. The average molecular weight is 818 g/mol. The molecule has 5 rings (SSSR count). The van der Waals surface area contributed by atoms with Gasteiger partial charge in [-0.2, -0.15) is 10.5 Å². The molecule has 0 radical (unpaired) electrons. The molecule has 1 unspecified atom stereocenters. The Hall–Kier alpha value is -3.26. The number of esters is 1. The van der Waals surface area contributed by atoms with E-state index < -0.39 is 89.3 Å². The van der Waals surface area contributed by atoms with Crippen molar-refractivity contribution in [3.63, 3.8) is 0 Å². The molecule has 17 nitrogen and oxygen atoms in total. The molecule has 0 aromatic carbocycles. The highest BCUT2D eigenvalue weighted by Crippen LogP contribution is 2.40. The van der Waals surface area contributed by atoms with Crippen LogP contribution < -0.4 is 5.48 Å². The lowest BCUT2D eigenvalue weighted by atomic mass is 9.73. The molecule has 5 heterocycles. The number of nitrogens with one attached hydrogen (secondary N) is 1. The summed E-state index contributed by atoms with van der Waals surface area (Å²) in [5, 5.41) is 24.1. The third-order valence-corrected chi connectivity index (χ3v) is 11.9. The molecule has 3 fully saturated rings. The van der Waals surface area contributed by atoms with Crippen molar-refractivity contribution in [2.75, 3.05) is 27.3 Å². The number of Topliss-reactive ketones (excluding diaryl/α,β-unsaturated/α-hetero) is 1. The van der Waals surface area contributed by atoms with E-state index in [9.17, 15) is 24.6 Å². The van der Waals surface area contributed by atoms with Gasteiger partial charge in [0, 0.05) is 30.5 Å². The fourth-order valence-corrected chi connectivity index (χ4v) is 8.81. The predicted octanol–water partition coefficient (Wildman–Crippen LogP) is 3.18. The third-order valence-electron chi connectivity index (χ3n) is 11.9. The number of aliphatic hydroxyl groups excluding tert-OH is 1. The molecule has 3 N–H and O–H groups in total. The fraction of sp³-hybridized carbons (Fsp3) is 0.756. The second kappa shape index (κ2) is 19.0. The topological polar surface area (TPSA) is 214 Å². The molecule has 1 amide bonds. The van der Waals surface area contributed by atoms with Crippen LogP contribution in [0.3, 0.4) is 0 Å². The van der Waals surface area contributed by atoms with E-state index in [1.807, 2.05) is 39.8 Å². The van der Waals surface area contributed by atoms with Crippen LogP contribution in [0.25, 0.3) is 11.2 Å². The molecule has 58 heavy (non-hydrogen) atoms. The Morgan fingerprint density at radius 3 is 2.50 bits per heavy atom. The van der Waals surface area contributed by atoms with E-state index in [2.05, 4.69) is 20.4 Å². The van der Waals surface area contributed by atoms with E-state index >= 15 is 0 Å². The standard InChI is InChI=1S/C41H63N5O12/c1-12-31-41(9,51)36-23(4)32(43-26(7)47)21(2)16-40(8,54-18-28(17-52-36)45-55-19-27-13-14-30-37(44-27)42-20-53-30)35(24(5)33(48)25(6)38(50)57-31)58-39-34(49)29(46(10)11)15-22(3)56-39/h13-14,20-25,28-29,31,34-36,39,45,49,51H,12,15-19H2,1-11H3/t21-,22-,23+,24+,25-,28?,29+,31-,34-,35-,36-,39-,40-,41-/m1/s1. The van der Waals surface area contributed by atoms with Crippen molar-refractivity contribution < 1.29 is 57.5 Å². The smallest absolute Gasteiger partial charge is 0.316 e. The van der Waals surface area contributed by atoms with Crippen LogP contribution in [0.15, 0.2) is 27.9 Å². The van der Waals surface area contributed by atoms with E-state index in [4.69, 9.17) is 32.9 Å². The Morgan fingerprint density at radius 2 is 1.83 bits per heavy atom. The number of nitrogens with zero attached hydrogens (tertiary/aromatic N) is 4. The molecule has 14 atom stereocenters. The monoisotopic (exact) mass is 817 g/mol. The first-order valence-electron chi connectivity index (χ1n) is 20.3. The highest BCUT2D eigenvalue weighted by Gasteiger charge is 2.53. The van der Waals surface area contributed by atoms with Crippen LogP contribution in [0.5, 0.6) is 0 Å². The van der Waals surface area contributed by atoms with Gasteiger partial charge in [-0.05, 0) is 79.1 Å². The van der Waals surface area contributed by atoms with Crippen LogP contribution in [-0.2, 0) is 49.5 Å². The number of aromatic nitrogens is 2. The highest BCUT2D eigenvalue weighted by molar-refractivity contribution is 6.00. The van der Waals surface area contributed by atoms with Gasteiger partial charge in [-0.25, -0.2) is 9.98 Å². The van der Waals surface area contributed by atoms with E-state index in [1.54, 1.807) is 32.9 Å². The first-order valence-corrected chi connectivity index (χ1v) is 20.3. The summed E-state index contributed by atoms with van der Waals surface area (Å²) < 4.78 is 37.9. The van der Waals surface area contributed by atoms with Crippen LogP contribution in [-0.4, -0.2) is 136 Å². The van der Waals surface area contributed by atoms with Crippen LogP contribution in [0.1, 0.15) is 87.3 Å². The Morgan fingerprint density at radius 1 is 1.10 bits per heavy atom. The van der Waals surface area contributed by atoms with Gasteiger partial charge in [0.25, 0.3) is 0 Å². The lowest BCUT2D eigenvalue weighted by Crippen LogP contribution is -2.60. The molecular weight excluding hydrogens is 754 g/mol. The molecule has 2 aromatic heterocycles. The van der Waals surface area contributed by atoms with Crippen LogP contribution in [0.2, 0.25) is 0 Å². The number of hydrogen-bond acceptors (Lipinski definition) is 16. The maximum absolute atomic E-state index is 14.5. The number of ketones is 1. The quantitative estimate of drug-likeness (QED) is 0.198. The van der Waals surface area contributed by atoms with Crippen molar-refractivity contribution in [3.8, 4) is 0 Å². The number of likely N-dealkylation sites (N-methyl/N-ethyl adjacent to an activating group) is 1. The Bertz CT molecular complexity index is 1770. The van der Waals surface area contributed by atoms with E-state index in [0.29, 0.717) is 29.1 Å². The maximum Gasteiger partial charge on any atom is 0.316 e. The van der Waals surface area contributed by atoms with Crippen molar-refractivity contribution in [1.29, 1.82) is 0 Å². The molecule has 0 saturated carbocycles. The molecule has 3 saturated heterocycles. The van der Waals surface area contributed by atoms with Gasteiger partial charge in [0.15, 0.2) is 29.7 Å². The van der Waals surface area contributed by atoms with Gasteiger partial charge >= 0.3 is 5.97 Å². The number of oxazole rings is 1. The summed E-state index contributed by atoms with van der Waals surface area (Å²) in [4.78, 5) is 62.1. The van der Waals surface area contributed by atoms with Crippen LogP contribution in [0, 0.1) is 23.7 Å². The molecule has 0 aliphatic carbocycles. The van der Waals surface area contributed by atoms with Gasteiger partial charge in [0.05, 0.1) is 48.9 Å². The summed E-state index contributed by atoms with van der Waals surface area (Å²) in [5.41, 5.74) is 1.81. The highest BCUT2D eigenvalue weighted by atomic mass is 16.7. The van der Waals surface area contributed by atoms with Gasteiger partial charge in [-0.1, -0.05) is 27.7 Å². The number of ether oxygens (including phenoxy) is 5. The Balaban J connectivity index is 1.63. The first kappa shape index (κ1) is 45.8. The number of amides is 1. The minimum absolute atomic E-state index is 0.0335. The lowest BCUT2D eigenvalue weighted by Gasteiger charge is -2.47. The number of aliphatic hydroxyl groups is 2.